The van der Waals surface area contributed by atoms with Crippen molar-refractivity contribution in [2.45, 2.75) is 0 Å². The zero-order valence-electron chi connectivity index (χ0n) is 3.14. The van der Waals surface area contributed by atoms with E-state index in [-0.39, 0.29) is 21.1 Å². The van der Waals surface area contributed by atoms with Crippen LogP contribution in [0.4, 0.5) is 0 Å². The third-order valence-electron chi connectivity index (χ3n) is 0.172. The molecule has 0 saturated heterocycles. The van der Waals surface area contributed by atoms with E-state index in [1.807, 2.05) is 0 Å². The Morgan fingerprint density at radius 1 is 1.29 bits per heavy atom. The van der Waals surface area contributed by atoms with Gasteiger partial charge in [-0.3, -0.25) is 0 Å². The van der Waals surface area contributed by atoms with E-state index in [9.17, 15) is 4.91 Å². The van der Waals surface area contributed by atoms with E-state index >= 15 is 0 Å². The molecular formula is H4N3O3Pt+. The van der Waals surface area contributed by atoms with Crippen LogP contribution in [-0.4, -0.2) is 5.09 Å². The quantitative estimate of drug-likeness (QED) is 0.596. The molecule has 0 aliphatic heterocycles. The van der Waals surface area contributed by atoms with Crippen molar-refractivity contribution in [1.82, 2.24) is 0 Å². The van der Waals surface area contributed by atoms with Crippen LogP contribution in [0.1, 0.15) is 0 Å². The molecule has 0 aliphatic carbocycles. The predicted octanol–water partition coefficient (Wildman–Crippen LogP) is -1.63. The van der Waals surface area contributed by atoms with Crippen molar-refractivity contribution in [2.24, 2.45) is 11.8 Å². The summed E-state index contributed by atoms with van der Waals surface area (Å²) in [5.41, 5.74) is 0. The van der Waals surface area contributed by atoms with Crippen molar-refractivity contribution in [1.29, 1.82) is 0 Å². The molecule has 0 aliphatic rings. The van der Waals surface area contributed by atoms with Gasteiger partial charge in [0.1, 0.15) is 4.91 Å². The van der Waals surface area contributed by atoms with Gasteiger partial charge >= 0.3 is 5.09 Å². The minimum Gasteiger partial charge on any atom is -0.0948 e. The monoisotopic (exact) mass is 289 g/mol. The SMILES string of the molecule is NO[N+](=O)ON.[Pt]. The third-order valence-corrected chi connectivity index (χ3v) is 0.172. The summed E-state index contributed by atoms with van der Waals surface area (Å²) in [4.78, 5) is 16.1. The normalized spacial score (nSPS) is 6.00. The van der Waals surface area contributed by atoms with Gasteiger partial charge in [-0.2, -0.15) is 0 Å². The minimum atomic E-state index is -0.444. The first kappa shape index (κ1) is 9.93. The van der Waals surface area contributed by atoms with Crippen LogP contribution in [0.15, 0.2) is 0 Å². The van der Waals surface area contributed by atoms with Crippen LogP contribution in [0.5, 0.6) is 0 Å². The molecule has 46 valence electrons. The molecule has 7 heavy (non-hydrogen) atoms. The molecule has 0 aromatic heterocycles. The summed E-state index contributed by atoms with van der Waals surface area (Å²) in [5.74, 6) is 8.38. The molecule has 0 radical (unpaired) electrons. The second-order valence-electron chi connectivity index (χ2n) is 0.434. The van der Waals surface area contributed by atoms with Gasteiger partial charge < -0.3 is 0 Å². The zero-order valence-corrected chi connectivity index (χ0v) is 5.42. The standard InChI is InChI=1S/H4N3O3.Pt/c1-5-3(4)6-2;/h1-2H2;/q+1;. The molecule has 0 saturated carbocycles. The number of hydrogen-bond donors (Lipinski definition) is 2. The van der Waals surface area contributed by atoms with Crippen molar-refractivity contribution in [3.05, 3.63) is 4.91 Å². The summed E-state index contributed by atoms with van der Waals surface area (Å²) in [6.07, 6.45) is 0. The Morgan fingerprint density at radius 3 is 1.57 bits per heavy atom. The van der Waals surface area contributed by atoms with Crippen LogP contribution < -0.4 is 11.8 Å². The van der Waals surface area contributed by atoms with Crippen molar-refractivity contribution >= 4 is 0 Å². The Labute approximate surface area is 53.4 Å². The molecule has 4 N–H and O–H groups in total. The van der Waals surface area contributed by atoms with Gasteiger partial charge in [0.2, 0.25) is 0 Å². The topological polar surface area (TPSA) is 90.6 Å². The molecule has 0 aromatic rings. The van der Waals surface area contributed by atoms with Crippen LogP contribution in [0.2, 0.25) is 0 Å². The van der Waals surface area contributed by atoms with E-state index in [1.165, 1.54) is 0 Å². The van der Waals surface area contributed by atoms with E-state index in [0.29, 0.717) is 0 Å². The molecule has 0 fully saturated rings. The van der Waals surface area contributed by atoms with Gasteiger partial charge in [-0.25, -0.2) is 0 Å². The maximum atomic E-state index is 9.40. The fourth-order valence-corrected chi connectivity index (χ4v) is 0.0248. The molecule has 0 amide bonds. The number of nitrogens with two attached hydrogens (primary N) is 2. The molecule has 0 rings (SSSR count). The molecule has 0 heterocycles. The predicted molar refractivity (Wildman–Crippen MR) is 14.2 cm³/mol. The fourth-order valence-electron chi connectivity index (χ4n) is 0.0248. The molecule has 0 unspecified atom stereocenters. The molecule has 0 aromatic carbocycles. The first-order chi connectivity index (χ1) is 2.81. The van der Waals surface area contributed by atoms with Crippen LogP contribution in [0, 0.1) is 4.91 Å². The van der Waals surface area contributed by atoms with Crippen molar-refractivity contribution < 1.29 is 36.0 Å². The van der Waals surface area contributed by atoms with Gasteiger partial charge in [-0.15, -0.1) is 0 Å². The van der Waals surface area contributed by atoms with Crippen LogP contribution in [0.25, 0.3) is 0 Å². The summed E-state index contributed by atoms with van der Waals surface area (Å²) in [6, 6.07) is 0. The van der Waals surface area contributed by atoms with Gasteiger partial charge in [0.15, 0.2) is 0 Å². The van der Waals surface area contributed by atoms with Crippen LogP contribution in [0.3, 0.4) is 0 Å². The van der Waals surface area contributed by atoms with E-state index in [1.54, 1.807) is 0 Å². The van der Waals surface area contributed by atoms with Crippen LogP contribution >= 0.6 is 0 Å². The minimum absolute atomic E-state index is 0. The number of nitrogens with zero attached hydrogens (tertiary/aromatic N) is 1. The molecule has 0 spiro atoms. The van der Waals surface area contributed by atoms with Crippen molar-refractivity contribution in [3.8, 4) is 0 Å². The summed E-state index contributed by atoms with van der Waals surface area (Å²) in [5, 5.41) is -0.444. The smallest absolute Gasteiger partial charge is 0.0948 e. The van der Waals surface area contributed by atoms with Gasteiger partial charge in [0.05, 0.1) is 0 Å². The second kappa shape index (κ2) is 5.81. The van der Waals surface area contributed by atoms with Crippen molar-refractivity contribution in [2.75, 3.05) is 0 Å². The Balaban J connectivity index is 0. The zero-order chi connectivity index (χ0) is 4.99. The number of hydrogen-bond acceptors (Lipinski definition) is 5. The maximum absolute atomic E-state index is 9.40. The van der Waals surface area contributed by atoms with Gasteiger partial charge in [-0.1, -0.05) is 21.7 Å². The Hall–Kier alpha value is -0.192. The summed E-state index contributed by atoms with van der Waals surface area (Å²) in [7, 11) is 0. The van der Waals surface area contributed by atoms with Crippen molar-refractivity contribution in [3.63, 3.8) is 0 Å². The molecule has 0 atom stereocenters. The van der Waals surface area contributed by atoms with Gasteiger partial charge in [-0.05, 0) is 0 Å². The average molecular weight is 289 g/mol. The Kier molecular flexibility index (Phi) is 8.24. The molecule has 6 nitrogen and oxygen atoms in total. The third kappa shape index (κ3) is 5.81. The average Bonchev–Trinajstić information content (AvgIpc) is 1.65. The first-order valence-corrected chi connectivity index (χ1v) is 1.02. The fraction of sp³-hybridized carbons (Fsp3) is 0. The molecule has 0 bridgehead atoms. The second-order valence-corrected chi connectivity index (χ2v) is 0.434. The van der Waals surface area contributed by atoms with Crippen LogP contribution in [-0.2, 0) is 30.9 Å². The maximum Gasteiger partial charge on any atom is 0.519 e. The number of rotatable bonds is 2. The Morgan fingerprint density at radius 2 is 1.57 bits per heavy atom. The van der Waals surface area contributed by atoms with E-state index < -0.39 is 5.09 Å². The summed E-state index contributed by atoms with van der Waals surface area (Å²) >= 11 is 0. The summed E-state index contributed by atoms with van der Waals surface area (Å²) < 4.78 is 0. The summed E-state index contributed by atoms with van der Waals surface area (Å²) in [6.45, 7) is 0. The first-order valence-electron chi connectivity index (χ1n) is 1.02. The Bertz CT molecular complexity index is 48.1. The molecular weight excluding hydrogens is 285 g/mol. The van der Waals surface area contributed by atoms with E-state index in [0.717, 1.165) is 0 Å². The van der Waals surface area contributed by atoms with E-state index in [2.05, 4.69) is 21.7 Å². The molecule has 7 heteroatoms. The van der Waals surface area contributed by atoms with Gasteiger partial charge in [0.25, 0.3) is 0 Å². The van der Waals surface area contributed by atoms with E-state index in [4.69, 9.17) is 0 Å². The largest absolute Gasteiger partial charge is 0.519 e. The van der Waals surface area contributed by atoms with Gasteiger partial charge in [0, 0.05) is 21.1 Å².